The SMILES string of the molecule is O=CCC(=O)C1C=CCCC1. The summed E-state index contributed by atoms with van der Waals surface area (Å²) >= 11 is 0. The van der Waals surface area contributed by atoms with E-state index in [9.17, 15) is 9.59 Å². The molecule has 0 saturated heterocycles. The molecule has 0 aromatic carbocycles. The average Bonchev–Trinajstić information content (AvgIpc) is 2.07. The molecule has 0 aromatic rings. The summed E-state index contributed by atoms with van der Waals surface area (Å²) in [6.45, 7) is 0. The van der Waals surface area contributed by atoms with Gasteiger partial charge in [0.2, 0.25) is 0 Å². The first-order chi connectivity index (χ1) is 5.34. The van der Waals surface area contributed by atoms with Crippen LogP contribution in [0.15, 0.2) is 12.2 Å². The number of aldehydes is 1. The smallest absolute Gasteiger partial charge is 0.146 e. The Morgan fingerprint density at radius 1 is 1.64 bits per heavy atom. The Balaban J connectivity index is 2.45. The second-order valence-corrected chi connectivity index (χ2v) is 2.80. The van der Waals surface area contributed by atoms with E-state index in [0.29, 0.717) is 6.29 Å². The normalized spacial score (nSPS) is 23.1. The molecule has 1 rings (SSSR count). The zero-order valence-corrected chi connectivity index (χ0v) is 6.45. The van der Waals surface area contributed by atoms with Gasteiger partial charge in [0.1, 0.15) is 12.1 Å². The van der Waals surface area contributed by atoms with Gasteiger partial charge in [0, 0.05) is 5.92 Å². The van der Waals surface area contributed by atoms with Crippen LogP contribution in [0.1, 0.15) is 25.7 Å². The Morgan fingerprint density at radius 2 is 2.45 bits per heavy atom. The predicted octanol–water partition coefficient (Wildman–Crippen LogP) is 1.50. The Kier molecular flexibility index (Phi) is 3.02. The molecule has 0 N–H and O–H groups in total. The molecular formula is C9H12O2. The number of rotatable bonds is 3. The van der Waals surface area contributed by atoms with Gasteiger partial charge in [-0.3, -0.25) is 4.79 Å². The first-order valence-corrected chi connectivity index (χ1v) is 3.97. The minimum Gasteiger partial charge on any atom is -0.303 e. The van der Waals surface area contributed by atoms with Gasteiger partial charge in [-0.1, -0.05) is 12.2 Å². The van der Waals surface area contributed by atoms with Crippen LogP contribution >= 0.6 is 0 Å². The van der Waals surface area contributed by atoms with Crippen molar-refractivity contribution in [1.29, 1.82) is 0 Å². The lowest BCUT2D eigenvalue weighted by Crippen LogP contribution is -2.14. The van der Waals surface area contributed by atoms with Gasteiger partial charge in [0.05, 0.1) is 6.42 Å². The molecule has 1 aliphatic carbocycles. The standard InChI is InChI=1S/C9H12O2/c10-7-6-9(11)8-4-2-1-3-5-8/h2,4,7-8H,1,3,5-6H2. The van der Waals surface area contributed by atoms with Crippen molar-refractivity contribution >= 4 is 12.1 Å². The maximum absolute atomic E-state index is 11.1. The van der Waals surface area contributed by atoms with E-state index in [1.807, 2.05) is 12.2 Å². The van der Waals surface area contributed by atoms with Crippen LogP contribution in [0.25, 0.3) is 0 Å². The van der Waals surface area contributed by atoms with Crippen LogP contribution in [-0.4, -0.2) is 12.1 Å². The molecule has 0 amide bonds. The summed E-state index contributed by atoms with van der Waals surface area (Å²) in [6, 6.07) is 0. The highest BCUT2D eigenvalue weighted by Crippen LogP contribution is 2.18. The first-order valence-electron chi connectivity index (χ1n) is 3.97. The van der Waals surface area contributed by atoms with Crippen molar-refractivity contribution in [2.45, 2.75) is 25.7 Å². The topological polar surface area (TPSA) is 34.1 Å². The van der Waals surface area contributed by atoms with E-state index < -0.39 is 0 Å². The number of hydrogen-bond donors (Lipinski definition) is 0. The van der Waals surface area contributed by atoms with Crippen molar-refractivity contribution in [3.8, 4) is 0 Å². The van der Waals surface area contributed by atoms with Crippen LogP contribution in [0.2, 0.25) is 0 Å². The molecule has 0 aromatic heterocycles. The highest BCUT2D eigenvalue weighted by Gasteiger charge is 2.15. The van der Waals surface area contributed by atoms with Crippen LogP contribution < -0.4 is 0 Å². The summed E-state index contributed by atoms with van der Waals surface area (Å²) in [7, 11) is 0. The third-order valence-electron chi connectivity index (χ3n) is 1.95. The van der Waals surface area contributed by atoms with Gasteiger partial charge in [-0.05, 0) is 19.3 Å². The van der Waals surface area contributed by atoms with Crippen LogP contribution in [0.4, 0.5) is 0 Å². The zero-order chi connectivity index (χ0) is 8.10. The Bertz CT molecular complexity index is 182. The number of carbonyl (C=O) groups is 2. The molecule has 11 heavy (non-hydrogen) atoms. The quantitative estimate of drug-likeness (QED) is 0.349. The average molecular weight is 152 g/mol. The third-order valence-corrected chi connectivity index (χ3v) is 1.95. The van der Waals surface area contributed by atoms with E-state index in [0.717, 1.165) is 19.3 Å². The van der Waals surface area contributed by atoms with Crippen molar-refractivity contribution in [3.63, 3.8) is 0 Å². The highest BCUT2D eigenvalue weighted by molar-refractivity contribution is 5.92. The summed E-state index contributed by atoms with van der Waals surface area (Å²) in [5, 5.41) is 0. The molecule has 0 bridgehead atoms. The van der Waals surface area contributed by atoms with E-state index in [2.05, 4.69) is 0 Å². The van der Waals surface area contributed by atoms with Crippen LogP contribution in [-0.2, 0) is 9.59 Å². The van der Waals surface area contributed by atoms with Crippen LogP contribution in [0.5, 0.6) is 0 Å². The van der Waals surface area contributed by atoms with Gasteiger partial charge >= 0.3 is 0 Å². The van der Waals surface area contributed by atoms with Gasteiger partial charge in [-0.2, -0.15) is 0 Å². The van der Waals surface area contributed by atoms with E-state index >= 15 is 0 Å². The molecular weight excluding hydrogens is 140 g/mol. The lowest BCUT2D eigenvalue weighted by atomic mass is 9.91. The molecule has 0 saturated carbocycles. The second-order valence-electron chi connectivity index (χ2n) is 2.80. The van der Waals surface area contributed by atoms with Gasteiger partial charge < -0.3 is 4.79 Å². The summed E-state index contributed by atoms with van der Waals surface area (Å²) < 4.78 is 0. The molecule has 1 atom stereocenters. The van der Waals surface area contributed by atoms with Gasteiger partial charge in [0.15, 0.2) is 0 Å². The maximum Gasteiger partial charge on any atom is 0.146 e. The fourth-order valence-corrected chi connectivity index (χ4v) is 1.31. The van der Waals surface area contributed by atoms with Crippen molar-refractivity contribution < 1.29 is 9.59 Å². The Labute approximate surface area is 66.3 Å². The van der Waals surface area contributed by atoms with E-state index in [1.54, 1.807) is 0 Å². The van der Waals surface area contributed by atoms with Crippen molar-refractivity contribution in [1.82, 2.24) is 0 Å². The molecule has 2 nitrogen and oxygen atoms in total. The Morgan fingerprint density at radius 3 is 3.00 bits per heavy atom. The number of hydrogen-bond acceptors (Lipinski definition) is 2. The van der Waals surface area contributed by atoms with Gasteiger partial charge in [0.25, 0.3) is 0 Å². The minimum absolute atomic E-state index is 0.0222. The molecule has 0 spiro atoms. The number of allylic oxidation sites excluding steroid dienone is 2. The molecule has 0 radical (unpaired) electrons. The van der Waals surface area contributed by atoms with E-state index in [1.165, 1.54) is 0 Å². The summed E-state index contributed by atoms with van der Waals surface area (Å²) in [5.74, 6) is 0.0879. The van der Waals surface area contributed by atoms with Crippen molar-refractivity contribution in [2.24, 2.45) is 5.92 Å². The largest absolute Gasteiger partial charge is 0.303 e. The zero-order valence-electron chi connectivity index (χ0n) is 6.45. The molecule has 60 valence electrons. The molecule has 0 fully saturated rings. The molecule has 0 heterocycles. The highest BCUT2D eigenvalue weighted by atomic mass is 16.1. The summed E-state index contributed by atoms with van der Waals surface area (Å²) in [6.07, 6.45) is 7.78. The number of carbonyl (C=O) groups excluding carboxylic acids is 2. The first kappa shape index (κ1) is 8.18. The lowest BCUT2D eigenvalue weighted by Gasteiger charge is -2.12. The minimum atomic E-state index is 0.0222. The van der Waals surface area contributed by atoms with Gasteiger partial charge in [-0.15, -0.1) is 0 Å². The molecule has 2 heteroatoms. The lowest BCUT2D eigenvalue weighted by molar-refractivity contribution is -0.124. The van der Waals surface area contributed by atoms with Gasteiger partial charge in [-0.25, -0.2) is 0 Å². The fourth-order valence-electron chi connectivity index (χ4n) is 1.31. The van der Waals surface area contributed by atoms with Crippen LogP contribution in [0.3, 0.4) is 0 Å². The molecule has 1 aliphatic rings. The van der Waals surface area contributed by atoms with E-state index in [-0.39, 0.29) is 18.1 Å². The van der Waals surface area contributed by atoms with Crippen LogP contribution in [0, 0.1) is 5.92 Å². The fraction of sp³-hybridized carbons (Fsp3) is 0.556. The summed E-state index contributed by atoms with van der Waals surface area (Å²) in [4.78, 5) is 21.1. The van der Waals surface area contributed by atoms with Crippen molar-refractivity contribution in [2.75, 3.05) is 0 Å². The number of ketones is 1. The monoisotopic (exact) mass is 152 g/mol. The summed E-state index contributed by atoms with van der Waals surface area (Å²) in [5.41, 5.74) is 0. The predicted molar refractivity (Wildman–Crippen MR) is 42.2 cm³/mol. The van der Waals surface area contributed by atoms with E-state index in [4.69, 9.17) is 0 Å². The second kappa shape index (κ2) is 4.06. The van der Waals surface area contributed by atoms with Crippen molar-refractivity contribution in [3.05, 3.63) is 12.2 Å². The maximum atomic E-state index is 11.1. The third kappa shape index (κ3) is 2.30. The Hall–Kier alpha value is -0.920. The number of Topliss-reactive ketones (excluding diaryl/α,β-unsaturated/α-hetero) is 1. The molecule has 0 aliphatic heterocycles. The molecule has 1 unspecified atom stereocenters.